The Bertz CT molecular complexity index is 1420. The van der Waals surface area contributed by atoms with Gasteiger partial charge in [0.05, 0.1) is 23.5 Å². The molecule has 0 spiro atoms. The van der Waals surface area contributed by atoms with Crippen molar-refractivity contribution in [1.82, 2.24) is 5.32 Å². The minimum atomic E-state index is -0.949. The number of nitrogens with zero attached hydrogens (tertiary/aromatic N) is 1. The molecule has 0 aliphatic carbocycles. The number of benzene rings is 3. The summed E-state index contributed by atoms with van der Waals surface area (Å²) in [6.45, 7) is -0.336. The van der Waals surface area contributed by atoms with Crippen LogP contribution in [0, 0.1) is 5.82 Å². The Labute approximate surface area is 215 Å². The van der Waals surface area contributed by atoms with Crippen LogP contribution in [-0.4, -0.2) is 37.5 Å². The highest BCUT2D eigenvalue weighted by Crippen LogP contribution is 2.30. The number of hydrogen-bond donors (Lipinski definition) is 2. The first-order chi connectivity index (χ1) is 17.8. The lowest BCUT2D eigenvalue weighted by Crippen LogP contribution is -2.54. The Hall–Kier alpha value is -4.70. The number of halogens is 2. The van der Waals surface area contributed by atoms with Gasteiger partial charge in [0.1, 0.15) is 11.4 Å². The normalized spacial score (nSPS) is 14.4. The second-order valence-corrected chi connectivity index (χ2v) is 8.07. The quantitative estimate of drug-likeness (QED) is 0.355. The first kappa shape index (κ1) is 25.4. The molecule has 1 aliphatic heterocycles. The van der Waals surface area contributed by atoms with E-state index in [2.05, 4.69) is 10.6 Å². The molecule has 3 aromatic carbocycles. The lowest BCUT2D eigenvalue weighted by Gasteiger charge is -2.26. The second-order valence-electron chi connectivity index (χ2n) is 7.66. The van der Waals surface area contributed by atoms with Crippen LogP contribution in [0.1, 0.15) is 5.56 Å². The number of amides is 5. The third kappa shape index (κ3) is 5.76. The first-order valence-corrected chi connectivity index (χ1v) is 11.2. The average Bonchev–Trinajstić information content (AvgIpc) is 2.88. The summed E-state index contributed by atoms with van der Waals surface area (Å²) < 4.78 is 24.2. The van der Waals surface area contributed by atoms with E-state index in [0.717, 1.165) is 17.0 Å². The zero-order chi connectivity index (χ0) is 26.5. The zero-order valence-electron chi connectivity index (χ0n) is 19.3. The van der Waals surface area contributed by atoms with E-state index in [-0.39, 0.29) is 29.4 Å². The SMILES string of the molecule is COc1cc(/C=C2\C(=O)NC(=O)N(c3ccc(F)cc3)C2=O)ccc1OCC(=O)Nc1ccccc1Cl. The van der Waals surface area contributed by atoms with Crippen LogP contribution in [0.15, 0.2) is 72.3 Å². The van der Waals surface area contributed by atoms with E-state index in [1.165, 1.54) is 43.5 Å². The molecule has 1 fully saturated rings. The third-order valence-electron chi connectivity index (χ3n) is 5.19. The molecule has 0 radical (unpaired) electrons. The fraction of sp³-hybridized carbons (Fsp3) is 0.0769. The van der Waals surface area contributed by atoms with Crippen LogP contribution in [0.4, 0.5) is 20.6 Å². The van der Waals surface area contributed by atoms with Gasteiger partial charge in [0.25, 0.3) is 17.7 Å². The van der Waals surface area contributed by atoms with Crippen molar-refractivity contribution in [3.05, 3.63) is 88.7 Å². The van der Waals surface area contributed by atoms with Crippen LogP contribution < -0.4 is 25.0 Å². The number of ether oxygens (including phenoxy) is 2. The third-order valence-corrected chi connectivity index (χ3v) is 5.52. The first-order valence-electron chi connectivity index (χ1n) is 10.8. The van der Waals surface area contributed by atoms with Gasteiger partial charge in [0.15, 0.2) is 18.1 Å². The highest BCUT2D eigenvalue weighted by Gasteiger charge is 2.36. The molecule has 4 rings (SSSR count). The van der Waals surface area contributed by atoms with Crippen LogP contribution >= 0.6 is 11.6 Å². The minimum absolute atomic E-state index is 0.0960. The molecule has 0 bridgehead atoms. The summed E-state index contributed by atoms with van der Waals surface area (Å²) in [5.74, 6) is -2.29. The summed E-state index contributed by atoms with van der Waals surface area (Å²) in [4.78, 5) is 50.7. The monoisotopic (exact) mass is 523 g/mol. The average molecular weight is 524 g/mol. The molecule has 5 amide bonds. The Morgan fingerprint density at radius 2 is 1.78 bits per heavy atom. The highest BCUT2D eigenvalue weighted by molar-refractivity contribution is 6.39. The summed E-state index contributed by atoms with van der Waals surface area (Å²) in [6.07, 6.45) is 1.27. The summed E-state index contributed by atoms with van der Waals surface area (Å²) in [5, 5.41) is 5.11. The van der Waals surface area contributed by atoms with E-state index in [1.807, 2.05) is 0 Å². The molecule has 11 heteroatoms. The van der Waals surface area contributed by atoms with Gasteiger partial charge in [0, 0.05) is 0 Å². The van der Waals surface area contributed by atoms with Crippen molar-refractivity contribution in [2.24, 2.45) is 0 Å². The maximum atomic E-state index is 13.3. The standard InChI is InChI=1S/C26H19ClFN3O6/c1-36-22-13-15(6-11-21(22)37-14-23(32)29-20-5-3-2-4-19(20)27)12-18-24(33)30-26(35)31(25(18)34)17-9-7-16(28)8-10-17/h2-13H,14H2,1H3,(H,29,32)(H,30,33,35)/b18-12+. The number of para-hydroxylation sites is 1. The smallest absolute Gasteiger partial charge is 0.335 e. The van der Waals surface area contributed by atoms with Crippen molar-refractivity contribution in [2.75, 3.05) is 23.9 Å². The number of carbonyl (C=O) groups is 4. The molecule has 1 aliphatic rings. The van der Waals surface area contributed by atoms with Crippen molar-refractivity contribution in [3.8, 4) is 11.5 Å². The molecule has 0 unspecified atom stereocenters. The molecule has 1 saturated heterocycles. The summed E-state index contributed by atoms with van der Waals surface area (Å²) in [5.41, 5.74) is 0.601. The topological polar surface area (TPSA) is 114 Å². The van der Waals surface area contributed by atoms with Gasteiger partial charge in [-0.1, -0.05) is 29.8 Å². The number of hydrogen-bond acceptors (Lipinski definition) is 6. The molecule has 0 aromatic heterocycles. The maximum Gasteiger partial charge on any atom is 0.335 e. The molecular weight excluding hydrogens is 505 g/mol. The van der Waals surface area contributed by atoms with Crippen LogP contribution in [-0.2, 0) is 14.4 Å². The second kappa shape index (κ2) is 10.9. The Kier molecular flexibility index (Phi) is 7.49. The van der Waals surface area contributed by atoms with E-state index in [0.29, 0.717) is 16.3 Å². The Morgan fingerprint density at radius 3 is 2.49 bits per heavy atom. The molecule has 1 heterocycles. The Balaban J connectivity index is 1.51. The number of carbonyl (C=O) groups excluding carboxylic acids is 4. The van der Waals surface area contributed by atoms with E-state index in [4.69, 9.17) is 21.1 Å². The highest BCUT2D eigenvalue weighted by atomic mass is 35.5. The van der Waals surface area contributed by atoms with E-state index in [9.17, 15) is 23.6 Å². The van der Waals surface area contributed by atoms with Crippen molar-refractivity contribution < 1.29 is 33.0 Å². The van der Waals surface area contributed by atoms with Gasteiger partial charge in [-0.25, -0.2) is 14.1 Å². The van der Waals surface area contributed by atoms with Gasteiger partial charge < -0.3 is 14.8 Å². The number of imide groups is 2. The summed E-state index contributed by atoms with van der Waals surface area (Å²) in [6, 6.07) is 15.0. The van der Waals surface area contributed by atoms with E-state index < -0.39 is 29.6 Å². The van der Waals surface area contributed by atoms with Gasteiger partial charge in [-0.15, -0.1) is 0 Å². The number of anilines is 2. The lowest BCUT2D eigenvalue weighted by molar-refractivity contribution is -0.122. The van der Waals surface area contributed by atoms with Crippen LogP contribution in [0.25, 0.3) is 6.08 Å². The summed E-state index contributed by atoms with van der Waals surface area (Å²) >= 11 is 6.04. The van der Waals surface area contributed by atoms with Crippen molar-refractivity contribution >= 4 is 52.8 Å². The van der Waals surface area contributed by atoms with Gasteiger partial charge in [-0.2, -0.15) is 0 Å². The predicted octanol–water partition coefficient (Wildman–Crippen LogP) is 4.17. The van der Waals surface area contributed by atoms with Crippen LogP contribution in [0.2, 0.25) is 5.02 Å². The fourth-order valence-electron chi connectivity index (χ4n) is 3.43. The zero-order valence-corrected chi connectivity index (χ0v) is 20.0. The molecule has 37 heavy (non-hydrogen) atoms. The predicted molar refractivity (Wildman–Crippen MR) is 134 cm³/mol. The van der Waals surface area contributed by atoms with Gasteiger partial charge in [0.2, 0.25) is 0 Å². The van der Waals surface area contributed by atoms with Crippen molar-refractivity contribution in [3.63, 3.8) is 0 Å². The lowest BCUT2D eigenvalue weighted by atomic mass is 10.1. The number of nitrogens with one attached hydrogen (secondary N) is 2. The molecule has 188 valence electrons. The summed E-state index contributed by atoms with van der Waals surface area (Å²) in [7, 11) is 1.39. The van der Waals surface area contributed by atoms with Crippen LogP contribution in [0.5, 0.6) is 11.5 Å². The van der Waals surface area contributed by atoms with Crippen molar-refractivity contribution in [1.29, 1.82) is 0 Å². The minimum Gasteiger partial charge on any atom is -0.493 e. The number of barbiturate groups is 1. The van der Waals surface area contributed by atoms with Crippen LogP contribution in [0.3, 0.4) is 0 Å². The largest absolute Gasteiger partial charge is 0.493 e. The number of urea groups is 1. The molecular formula is C26H19ClFN3O6. The Morgan fingerprint density at radius 1 is 1.05 bits per heavy atom. The van der Waals surface area contributed by atoms with E-state index in [1.54, 1.807) is 24.3 Å². The van der Waals surface area contributed by atoms with Gasteiger partial charge >= 0.3 is 6.03 Å². The molecule has 0 saturated carbocycles. The number of methoxy groups -OCH3 is 1. The number of rotatable bonds is 7. The molecule has 9 nitrogen and oxygen atoms in total. The molecule has 3 aromatic rings. The van der Waals surface area contributed by atoms with Gasteiger partial charge in [-0.05, 0) is 60.2 Å². The maximum absolute atomic E-state index is 13.3. The molecule has 0 atom stereocenters. The van der Waals surface area contributed by atoms with E-state index >= 15 is 0 Å². The van der Waals surface area contributed by atoms with Gasteiger partial charge in [-0.3, -0.25) is 19.7 Å². The van der Waals surface area contributed by atoms with Crippen molar-refractivity contribution in [2.45, 2.75) is 0 Å². The fourth-order valence-corrected chi connectivity index (χ4v) is 3.62. The molecule has 2 N–H and O–H groups in total.